The highest BCUT2D eigenvalue weighted by Gasteiger charge is 2.37. The first kappa shape index (κ1) is 16.7. The number of nitrogens with one attached hydrogen (secondary N) is 2. The van der Waals surface area contributed by atoms with Crippen LogP contribution in [0.25, 0.3) is 0 Å². The molecule has 2 unspecified atom stereocenters. The second kappa shape index (κ2) is 7.20. The lowest BCUT2D eigenvalue weighted by Crippen LogP contribution is -2.39. The molecule has 7 heteroatoms. The first-order chi connectivity index (χ1) is 11.6. The molecule has 2 heterocycles. The van der Waals surface area contributed by atoms with E-state index in [0.29, 0.717) is 48.2 Å². The molecule has 0 spiro atoms. The van der Waals surface area contributed by atoms with E-state index >= 15 is 0 Å². The summed E-state index contributed by atoms with van der Waals surface area (Å²) < 4.78 is 0. The van der Waals surface area contributed by atoms with E-state index in [2.05, 4.69) is 15.5 Å². The minimum atomic E-state index is -0.0984. The molecule has 2 atom stereocenters. The molecule has 6 nitrogen and oxygen atoms in total. The standard InChI is InChI=1S/C17H19ClN4O2/c18-15-7-12(2-1-11(15)9-19)21-16(23)5-6-22-13-3-4-14(22)10-20-17(24)8-13/h1-2,7,13-14H,3-6,8,10H2,(H,20,24)(H,21,23). The van der Waals surface area contributed by atoms with Crippen LogP contribution in [-0.2, 0) is 9.59 Å². The number of rotatable bonds is 4. The van der Waals surface area contributed by atoms with Gasteiger partial charge in [-0.15, -0.1) is 0 Å². The van der Waals surface area contributed by atoms with Gasteiger partial charge in [0.1, 0.15) is 6.07 Å². The van der Waals surface area contributed by atoms with Crippen molar-refractivity contribution in [2.45, 2.75) is 37.8 Å². The number of anilines is 1. The van der Waals surface area contributed by atoms with Crippen molar-refractivity contribution in [3.05, 3.63) is 28.8 Å². The summed E-state index contributed by atoms with van der Waals surface area (Å²) in [5, 5.41) is 14.9. The molecule has 1 aromatic rings. The highest BCUT2D eigenvalue weighted by Crippen LogP contribution is 2.28. The van der Waals surface area contributed by atoms with Gasteiger partial charge in [-0.05, 0) is 31.0 Å². The Labute approximate surface area is 145 Å². The minimum Gasteiger partial charge on any atom is -0.354 e. The molecule has 2 N–H and O–H groups in total. The van der Waals surface area contributed by atoms with Crippen LogP contribution in [0.5, 0.6) is 0 Å². The Morgan fingerprint density at radius 1 is 1.42 bits per heavy atom. The van der Waals surface area contributed by atoms with Gasteiger partial charge < -0.3 is 10.6 Å². The summed E-state index contributed by atoms with van der Waals surface area (Å²) in [6, 6.07) is 7.40. The van der Waals surface area contributed by atoms with E-state index in [1.165, 1.54) is 0 Å². The lowest BCUT2D eigenvalue weighted by atomic mass is 10.1. The molecule has 2 bridgehead atoms. The molecule has 1 aromatic carbocycles. The maximum atomic E-state index is 12.2. The summed E-state index contributed by atoms with van der Waals surface area (Å²) in [4.78, 5) is 26.1. The summed E-state index contributed by atoms with van der Waals surface area (Å²) >= 11 is 5.97. The average Bonchev–Trinajstić information content (AvgIpc) is 2.84. The number of carbonyl (C=O) groups is 2. The molecule has 0 aliphatic carbocycles. The van der Waals surface area contributed by atoms with E-state index in [1.807, 2.05) is 6.07 Å². The Morgan fingerprint density at radius 3 is 2.96 bits per heavy atom. The van der Waals surface area contributed by atoms with Gasteiger partial charge in [-0.3, -0.25) is 14.5 Å². The maximum Gasteiger partial charge on any atom is 0.225 e. The van der Waals surface area contributed by atoms with E-state index in [0.717, 1.165) is 12.8 Å². The lowest BCUT2D eigenvalue weighted by molar-refractivity contribution is -0.121. The first-order valence-corrected chi connectivity index (χ1v) is 8.46. The second-order valence-corrected chi connectivity index (χ2v) is 6.64. The van der Waals surface area contributed by atoms with E-state index in [9.17, 15) is 9.59 Å². The van der Waals surface area contributed by atoms with E-state index in [1.54, 1.807) is 18.2 Å². The third-order valence-corrected chi connectivity index (χ3v) is 5.01. The van der Waals surface area contributed by atoms with E-state index in [-0.39, 0.29) is 17.9 Å². The number of carbonyl (C=O) groups excluding carboxylic acids is 2. The van der Waals surface area contributed by atoms with Gasteiger partial charge in [0.25, 0.3) is 0 Å². The van der Waals surface area contributed by atoms with Crippen LogP contribution in [-0.4, -0.2) is 41.9 Å². The first-order valence-electron chi connectivity index (χ1n) is 8.09. The van der Waals surface area contributed by atoms with Crippen molar-refractivity contribution in [3.8, 4) is 6.07 Å². The largest absolute Gasteiger partial charge is 0.354 e. The Kier molecular flexibility index (Phi) is 5.03. The maximum absolute atomic E-state index is 12.2. The van der Waals surface area contributed by atoms with Crippen LogP contribution in [0.2, 0.25) is 5.02 Å². The fourth-order valence-corrected chi connectivity index (χ4v) is 3.70. The van der Waals surface area contributed by atoms with Crippen molar-refractivity contribution < 1.29 is 9.59 Å². The van der Waals surface area contributed by atoms with Gasteiger partial charge >= 0.3 is 0 Å². The summed E-state index contributed by atoms with van der Waals surface area (Å²) in [6.07, 6.45) is 2.96. The van der Waals surface area contributed by atoms with Crippen molar-refractivity contribution in [2.75, 3.05) is 18.4 Å². The SMILES string of the molecule is N#Cc1ccc(NC(=O)CCN2C3CCC2CC(=O)NC3)cc1Cl. The van der Waals surface area contributed by atoms with Crippen molar-refractivity contribution in [1.29, 1.82) is 5.26 Å². The summed E-state index contributed by atoms with van der Waals surface area (Å²) in [6.45, 7) is 1.31. The Morgan fingerprint density at radius 2 is 2.21 bits per heavy atom. The topological polar surface area (TPSA) is 85.2 Å². The Hall–Kier alpha value is -2.10. The number of amides is 2. The average molecular weight is 347 g/mol. The molecule has 2 aliphatic rings. The molecule has 3 rings (SSSR count). The number of nitrogens with zero attached hydrogens (tertiary/aromatic N) is 2. The number of benzene rings is 1. The lowest BCUT2D eigenvalue weighted by Gasteiger charge is -2.26. The van der Waals surface area contributed by atoms with Crippen molar-refractivity contribution in [3.63, 3.8) is 0 Å². The van der Waals surface area contributed by atoms with Gasteiger partial charge in [-0.25, -0.2) is 0 Å². The highest BCUT2D eigenvalue weighted by atomic mass is 35.5. The fraction of sp³-hybridized carbons (Fsp3) is 0.471. The van der Waals surface area contributed by atoms with Gasteiger partial charge in [0.15, 0.2) is 0 Å². The van der Waals surface area contributed by atoms with Gasteiger partial charge in [0.05, 0.1) is 10.6 Å². The fourth-order valence-electron chi connectivity index (χ4n) is 3.47. The predicted molar refractivity (Wildman–Crippen MR) is 90.6 cm³/mol. The zero-order chi connectivity index (χ0) is 17.1. The minimum absolute atomic E-state index is 0.0984. The highest BCUT2D eigenvalue weighted by molar-refractivity contribution is 6.32. The van der Waals surface area contributed by atoms with Gasteiger partial charge in [0.2, 0.25) is 11.8 Å². The molecular formula is C17H19ClN4O2. The van der Waals surface area contributed by atoms with Crippen LogP contribution in [0.4, 0.5) is 5.69 Å². The monoisotopic (exact) mass is 346 g/mol. The van der Waals surface area contributed by atoms with E-state index < -0.39 is 0 Å². The quantitative estimate of drug-likeness (QED) is 0.871. The molecule has 126 valence electrons. The molecule has 2 saturated heterocycles. The molecule has 0 radical (unpaired) electrons. The molecule has 24 heavy (non-hydrogen) atoms. The Balaban J connectivity index is 1.55. The number of hydrogen-bond donors (Lipinski definition) is 2. The van der Waals surface area contributed by atoms with Crippen LogP contribution in [0.15, 0.2) is 18.2 Å². The summed E-state index contributed by atoms with van der Waals surface area (Å²) in [5.74, 6) is 0.00239. The van der Waals surface area contributed by atoms with Gasteiger partial charge in [0, 0.05) is 43.7 Å². The van der Waals surface area contributed by atoms with Crippen LogP contribution in [0, 0.1) is 11.3 Å². The van der Waals surface area contributed by atoms with E-state index in [4.69, 9.17) is 16.9 Å². The van der Waals surface area contributed by atoms with Gasteiger partial charge in [-0.1, -0.05) is 11.6 Å². The molecule has 2 amide bonds. The zero-order valence-electron chi connectivity index (χ0n) is 13.2. The van der Waals surface area contributed by atoms with Crippen LogP contribution >= 0.6 is 11.6 Å². The smallest absolute Gasteiger partial charge is 0.225 e. The number of hydrogen-bond acceptors (Lipinski definition) is 4. The summed E-state index contributed by atoms with van der Waals surface area (Å²) in [5.41, 5.74) is 0.965. The normalized spacial score (nSPS) is 23.2. The zero-order valence-corrected chi connectivity index (χ0v) is 14.0. The van der Waals surface area contributed by atoms with Crippen LogP contribution in [0.3, 0.4) is 0 Å². The number of halogens is 1. The van der Waals surface area contributed by atoms with Crippen LogP contribution < -0.4 is 10.6 Å². The molecule has 2 fully saturated rings. The number of fused-ring (bicyclic) bond motifs is 2. The second-order valence-electron chi connectivity index (χ2n) is 6.24. The van der Waals surface area contributed by atoms with Crippen molar-refractivity contribution in [1.82, 2.24) is 10.2 Å². The van der Waals surface area contributed by atoms with Crippen LogP contribution in [0.1, 0.15) is 31.2 Å². The molecule has 2 aliphatic heterocycles. The van der Waals surface area contributed by atoms with Crippen molar-refractivity contribution >= 4 is 29.1 Å². The third-order valence-electron chi connectivity index (χ3n) is 4.70. The third kappa shape index (κ3) is 3.69. The molecule has 0 aromatic heterocycles. The van der Waals surface area contributed by atoms with Gasteiger partial charge in [-0.2, -0.15) is 5.26 Å². The molecular weight excluding hydrogens is 328 g/mol. The predicted octanol–water partition coefficient (Wildman–Crippen LogP) is 1.89. The molecule has 0 saturated carbocycles. The Bertz CT molecular complexity index is 700. The number of nitriles is 1. The van der Waals surface area contributed by atoms with Crippen molar-refractivity contribution in [2.24, 2.45) is 0 Å². The summed E-state index contributed by atoms with van der Waals surface area (Å²) in [7, 11) is 0.